The van der Waals surface area contributed by atoms with Gasteiger partial charge in [-0.1, -0.05) is 17.8 Å². The third-order valence-electron chi connectivity index (χ3n) is 2.81. The number of hydrogen-bond acceptors (Lipinski definition) is 7. The highest BCUT2D eigenvalue weighted by molar-refractivity contribution is 14.1. The van der Waals surface area contributed by atoms with Gasteiger partial charge < -0.3 is 9.47 Å². The minimum atomic E-state index is -0.416. The number of aliphatic imine (C=N–C) groups is 1. The van der Waals surface area contributed by atoms with Crippen molar-refractivity contribution in [2.75, 3.05) is 12.4 Å². The molecular weight excluding hydrogens is 473 g/mol. The van der Waals surface area contributed by atoms with Crippen molar-refractivity contribution in [2.24, 2.45) is 4.99 Å². The lowest BCUT2D eigenvalue weighted by Gasteiger charge is -2.12. The van der Waals surface area contributed by atoms with E-state index in [0.717, 1.165) is 17.3 Å². The van der Waals surface area contributed by atoms with Crippen LogP contribution in [0.2, 0.25) is 0 Å². The molecule has 0 unspecified atom stereocenters. The van der Waals surface area contributed by atoms with Crippen LogP contribution in [-0.4, -0.2) is 27.8 Å². The van der Waals surface area contributed by atoms with Crippen LogP contribution in [0.1, 0.15) is 19.4 Å². The molecule has 1 heterocycles. The summed E-state index contributed by atoms with van der Waals surface area (Å²) in [4.78, 5) is 27.7. The zero-order chi connectivity index (χ0) is 18.4. The van der Waals surface area contributed by atoms with E-state index in [-0.39, 0.29) is 5.12 Å². The number of thioether (sulfide) groups is 2. The molecule has 0 saturated carbocycles. The first-order chi connectivity index (χ1) is 11.9. The third kappa shape index (κ3) is 5.61. The first-order valence-corrected chi connectivity index (χ1v) is 10.2. The SMILES string of the molecule is C=CCSC1=N/C(=C\c2cc(I)c(OC(C)=O)c(OCC)c2)C(=O)S1. The molecule has 0 amide bonds. The van der Waals surface area contributed by atoms with Crippen molar-refractivity contribution in [2.45, 2.75) is 13.8 Å². The van der Waals surface area contributed by atoms with Crippen LogP contribution < -0.4 is 9.47 Å². The number of halogens is 1. The fourth-order valence-corrected chi connectivity index (χ4v) is 4.25. The fraction of sp³-hybridized carbons (Fsp3) is 0.235. The summed E-state index contributed by atoms with van der Waals surface area (Å²) in [5.74, 6) is 1.13. The minimum Gasteiger partial charge on any atom is -0.490 e. The Kier molecular flexibility index (Phi) is 7.57. The van der Waals surface area contributed by atoms with Crippen molar-refractivity contribution in [1.29, 1.82) is 0 Å². The van der Waals surface area contributed by atoms with E-state index >= 15 is 0 Å². The summed E-state index contributed by atoms with van der Waals surface area (Å²) in [6.07, 6.45) is 3.48. The van der Waals surface area contributed by atoms with Gasteiger partial charge >= 0.3 is 5.97 Å². The van der Waals surface area contributed by atoms with Gasteiger partial charge in [0.1, 0.15) is 10.1 Å². The predicted molar refractivity (Wildman–Crippen MR) is 112 cm³/mol. The highest BCUT2D eigenvalue weighted by Crippen LogP contribution is 2.36. The number of benzene rings is 1. The average Bonchev–Trinajstić information content (AvgIpc) is 2.88. The van der Waals surface area contributed by atoms with Gasteiger partial charge in [0.05, 0.1) is 10.2 Å². The lowest BCUT2D eigenvalue weighted by Crippen LogP contribution is -2.06. The van der Waals surface area contributed by atoms with Gasteiger partial charge in [0.25, 0.3) is 0 Å². The topological polar surface area (TPSA) is 65.0 Å². The molecule has 0 radical (unpaired) electrons. The minimum absolute atomic E-state index is 0.0939. The van der Waals surface area contributed by atoms with Gasteiger partial charge in [-0.15, -0.1) is 6.58 Å². The van der Waals surface area contributed by atoms with Gasteiger partial charge in [-0.25, -0.2) is 4.99 Å². The monoisotopic (exact) mass is 489 g/mol. The standard InChI is InChI=1S/C17H16INO4S2/c1-4-6-24-17-19-13(16(21)25-17)8-11-7-12(18)15(23-10(3)20)14(9-11)22-5-2/h4,7-9H,1,5-6H2,2-3H3/b13-8-. The first kappa shape index (κ1) is 20.1. The molecule has 0 atom stereocenters. The molecule has 25 heavy (non-hydrogen) atoms. The highest BCUT2D eigenvalue weighted by atomic mass is 127. The van der Waals surface area contributed by atoms with Gasteiger partial charge in [0.15, 0.2) is 11.5 Å². The van der Waals surface area contributed by atoms with Gasteiger partial charge in [-0.2, -0.15) is 0 Å². The Morgan fingerprint density at radius 1 is 1.48 bits per heavy atom. The fourth-order valence-electron chi connectivity index (χ4n) is 1.92. The summed E-state index contributed by atoms with van der Waals surface area (Å²) < 4.78 is 12.2. The molecule has 0 aliphatic carbocycles. The second-order valence-corrected chi connectivity index (χ2v) is 8.14. The van der Waals surface area contributed by atoms with E-state index in [1.165, 1.54) is 18.7 Å². The van der Waals surface area contributed by atoms with E-state index in [4.69, 9.17) is 9.47 Å². The number of carbonyl (C=O) groups excluding carboxylic acids is 2. The molecule has 132 valence electrons. The normalized spacial score (nSPS) is 15.2. The summed E-state index contributed by atoms with van der Waals surface area (Å²) in [7, 11) is 0. The highest BCUT2D eigenvalue weighted by Gasteiger charge is 2.22. The van der Waals surface area contributed by atoms with E-state index in [1.807, 2.05) is 13.0 Å². The Balaban J connectivity index is 2.36. The molecule has 0 bridgehead atoms. The zero-order valence-corrected chi connectivity index (χ0v) is 17.5. The summed E-state index contributed by atoms with van der Waals surface area (Å²) in [5, 5.41) is -0.0939. The Labute approximate surface area is 168 Å². The van der Waals surface area contributed by atoms with E-state index in [0.29, 0.717) is 37.5 Å². The van der Waals surface area contributed by atoms with Crippen molar-refractivity contribution in [3.8, 4) is 11.5 Å². The second-order valence-electron chi connectivity index (χ2n) is 4.75. The number of carbonyl (C=O) groups is 2. The van der Waals surface area contributed by atoms with E-state index in [9.17, 15) is 9.59 Å². The maximum absolute atomic E-state index is 12.1. The Hall–Kier alpha value is -1.26. The molecule has 1 aliphatic heterocycles. The number of nitrogens with zero attached hydrogens (tertiary/aromatic N) is 1. The largest absolute Gasteiger partial charge is 0.490 e. The molecule has 0 spiro atoms. The smallest absolute Gasteiger partial charge is 0.308 e. The molecule has 1 aromatic rings. The third-order valence-corrected chi connectivity index (χ3v) is 5.61. The Bertz CT molecular complexity index is 774. The molecule has 0 fully saturated rings. The molecule has 0 N–H and O–H groups in total. The van der Waals surface area contributed by atoms with Crippen LogP contribution in [0.3, 0.4) is 0 Å². The molecular formula is C17H16INO4S2. The van der Waals surface area contributed by atoms with Crippen molar-refractivity contribution >= 4 is 67.7 Å². The van der Waals surface area contributed by atoms with Crippen molar-refractivity contribution in [1.82, 2.24) is 0 Å². The van der Waals surface area contributed by atoms with Crippen LogP contribution in [0.25, 0.3) is 6.08 Å². The predicted octanol–water partition coefficient (Wildman–Crippen LogP) is 4.50. The van der Waals surface area contributed by atoms with Gasteiger partial charge in [-0.3, -0.25) is 9.59 Å². The number of rotatable bonds is 6. The zero-order valence-electron chi connectivity index (χ0n) is 13.7. The lowest BCUT2D eigenvalue weighted by atomic mass is 10.1. The van der Waals surface area contributed by atoms with Crippen molar-refractivity contribution in [3.63, 3.8) is 0 Å². The summed E-state index contributed by atoms with van der Waals surface area (Å²) in [6, 6.07) is 3.55. The maximum atomic E-state index is 12.1. The van der Waals surface area contributed by atoms with E-state index in [1.54, 1.807) is 18.2 Å². The van der Waals surface area contributed by atoms with Gasteiger partial charge in [0.2, 0.25) is 5.12 Å². The summed E-state index contributed by atoms with van der Waals surface area (Å²) >= 11 is 4.67. The average molecular weight is 489 g/mol. The van der Waals surface area contributed by atoms with Crippen LogP contribution in [0.4, 0.5) is 0 Å². The van der Waals surface area contributed by atoms with Crippen LogP contribution in [0, 0.1) is 3.57 Å². The summed E-state index contributed by atoms with van der Waals surface area (Å²) in [6.45, 7) is 7.28. The first-order valence-electron chi connectivity index (χ1n) is 7.35. The molecule has 0 saturated heterocycles. The second kappa shape index (κ2) is 9.44. The summed E-state index contributed by atoms with van der Waals surface area (Å²) in [5.41, 5.74) is 1.14. The number of esters is 1. The van der Waals surface area contributed by atoms with Crippen LogP contribution in [-0.2, 0) is 9.59 Å². The maximum Gasteiger partial charge on any atom is 0.308 e. The molecule has 1 aromatic carbocycles. The van der Waals surface area contributed by atoms with E-state index in [2.05, 4.69) is 34.2 Å². The number of hydrogen-bond donors (Lipinski definition) is 0. The van der Waals surface area contributed by atoms with Crippen LogP contribution in [0.15, 0.2) is 35.5 Å². The number of ether oxygens (including phenoxy) is 2. The molecule has 1 aliphatic rings. The van der Waals surface area contributed by atoms with Gasteiger partial charge in [0, 0.05) is 12.7 Å². The quantitative estimate of drug-likeness (QED) is 0.193. The van der Waals surface area contributed by atoms with Crippen LogP contribution in [0.5, 0.6) is 11.5 Å². The molecule has 0 aromatic heterocycles. The lowest BCUT2D eigenvalue weighted by molar-refractivity contribution is -0.132. The van der Waals surface area contributed by atoms with E-state index < -0.39 is 5.97 Å². The Morgan fingerprint density at radius 2 is 2.24 bits per heavy atom. The van der Waals surface area contributed by atoms with Crippen LogP contribution >= 0.6 is 46.1 Å². The van der Waals surface area contributed by atoms with Gasteiger partial charge in [-0.05, 0) is 65.0 Å². The Morgan fingerprint density at radius 3 is 2.88 bits per heavy atom. The van der Waals surface area contributed by atoms with Crippen molar-refractivity contribution in [3.05, 3.63) is 39.6 Å². The molecule has 5 nitrogen and oxygen atoms in total. The molecule has 2 rings (SSSR count). The molecule has 8 heteroatoms. The van der Waals surface area contributed by atoms with Crippen molar-refractivity contribution < 1.29 is 19.1 Å².